The van der Waals surface area contributed by atoms with Crippen LogP contribution in [0.3, 0.4) is 0 Å². The Kier molecular flexibility index (Phi) is 3.19. The maximum atomic E-state index is 13.3. The maximum Gasteiger partial charge on any atom is 0.394 e. The van der Waals surface area contributed by atoms with Crippen LogP contribution in [0.2, 0.25) is 0 Å². The average Bonchev–Trinajstić information content (AvgIpc) is 2.61. The number of benzene rings is 1. The first-order valence-electron chi connectivity index (χ1n) is 6.41. The second kappa shape index (κ2) is 4.22. The number of rotatable bonds is 1. The lowest BCUT2D eigenvalue weighted by Gasteiger charge is -2.31. The third kappa shape index (κ3) is 2.37. The maximum absolute atomic E-state index is 13.3. The minimum Gasteiger partial charge on any atom is -0.207 e. The second-order valence-corrected chi connectivity index (χ2v) is 6.26. The fraction of sp³-hybridized carbons (Fsp3) is 0.600. The van der Waals surface area contributed by atoms with Crippen LogP contribution in [0.5, 0.6) is 0 Å². The first-order chi connectivity index (χ1) is 8.57. The SMILES string of the molecule is Cc1cc([C@]2(C)CC[C@](C)(C(F)(F)F)C2)ccc1F. The molecule has 4 heteroatoms. The molecule has 0 heterocycles. The largest absolute Gasteiger partial charge is 0.394 e. The highest BCUT2D eigenvalue weighted by Gasteiger charge is 2.58. The molecule has 0 unspecified atom stereocenters. The molecule has 0 nitrogen and oxygen atoms in total. The number of hydrogen-bond acceptors (Lipinski definition) is 0. The Hall–Kier alpha value is -1.06. The molecule has 2 rings (SSSR count). The van der Waals surface area contributed by atoms with Crippen molar-refractivity contribution < 1.29 is 17.6 Å². The van der Waals surface area contributed by atoms with Gasteiger partial charge in [-0.25, -0.2) is 4.39 Å². The van der Waals surface area contributed by atoms with Crippen LogP contribution in [-0.2, 0) is 5.41 Å². The lowest BCUT2D eigenvalue weighted by Crippen LogP contribution is -2.34. The fourth-order valence-corrected chi connectivity index (χ4v) is 3.10. The molecule has 0 aromatic heterocycles. The Balaban J connectivity index is 2.33. The van der Waals surface area contributed by atoms with Crippen LogP contribution >= 0.6 is 0 Å². The number of hydrogen-bond donors (Lipinski definition) is 0. The minimum absolute atomic E-state index is 0.0641. The van der Waals surface area contributed by atoms with E-state index >= 15 is 0 Å². The van der Waals surface area contributed by atoms with Gasteiger partial charge in [0, 0.05) is 0 Å². The van der Waals surface area contributed by atoms with Crippen molar-refractivity contribution in [2.24, 2.45) is 5.41 Å². The summed E-state index contributed by atoms with van der Waals surface area (Å²) >= 11 is 0. The van der Waals surface area contributed by atoms with Crippen LogP contribution in [0.4, 0.5) is 17.6 Å². The van der Waals surface area contributed by atoms with E-state index in [0.29, 0.717) is 12.0 Å². The van der Waals surface area contributed by atoms with E-state index in [0.717, 1.165) is 5.56 Å². The van der Waals surface area contributed by atoms with Gasteiger partial charge in [0.05, 0.1) is 5.41 Å². The molecule has 106 valence electrons. The van der Waals surface area contributed by atoms with Crippen molar-refractivity contribution in [1.29, 1.82) is 0 Å². The summed E-state index contributed by atoms with van der Waals surface area (Å²) in [6.07, 6.45) is -3.51. The molecule has 0 amide bonds. The summed E-state index contributed by atoms with van der Waals surface area (Å²) in [7, 11) is 0. The van der Waals surface area contributed by atoms with Crippen LogP contribution < -0.4 is 0 Å². The first-order valence-corrected chi connectivity index (χ1v) is 6.41. The molecular formula is C15H18F4. The highest BCUT2D eigenvalue weighted by molar-refractivity contribution is 5.32. The van der Waals surface area contributed by atoms with Gasteiger partial charge < -0.3 is 0 Å². The van der Waals surface area contributed by atoms with Gasteiger partial charge in [-0.1, -0.05) is 26.0 Å². The molecule has 1 aromatic carbocycles. The zero-order chi connectivity index (χ0) is 14.5. The second-order valence-electron chi connectivity index (χ2n) is 6.26. The third-order valence-electron chi connectivity index (χ3n) is 4.55. The summed E-state index contributed by atoms with van der Waals surface area (Å²) < 4.78 is 52.5. The van der Waals surface area contributed by atoms with E-state index in [1.807, 2.05) is 6.92 Å². The van der Waals surface area contributed by atoms with Crippen molar-refractivity contribution in [2.75, 3.05) is 0 Å². The van der Waals surface area contributed by atoms with Crippen molar-refractivity contribution in [3.05, 3.63) is 35.1 Å². The van der Waals surface area contributed by atoms with Gasteiger partial charge in [0.15, 0.2) is 0 Å². The molecule has 0 aliphatic heterocycles. The van der Waals surface area contributed by atoms with E-state index in [1.165, 1.54) is 13.0 Å². The predicted octanol–water partition coefficient (Wildman–Crippen LogP) is 5.14. The van der Waals surface area contributed by atoms with Crippen LogP contribution in [-0.4, -0.2) is 6.18 Å². The fourth-order valence-electron chi connectivity index (χ4n) is 3.10. The molecule has 1 aliphatic carbocycles. The Morgan fingerprint density at radius 2 is 1.74 bits per heavy atom. The van der Waals surface area contributed by atoms with Crippen molar-refractivity contribution in [3.8, 4) is 0 Å². The van der Waals surface area contributed by atoms with E-state index < -0.39 is 17.0 Å². The van der Waals surface area contributed by atoms with Crippen molar-refractivity contribution in [1.82, 2.24) is 0 Å². The van der Waals surface area contributed by atoms with E-state index in [4.69, 9.17) is 0 Å². The standard InChI is InChI=1S/C15H18F4/c1-10-8-11(4-5-12(10)16)13(2)6-7-14(3,9-13)15(17,18)19/h4-5,8H,6-7,9H2,1-3H3/t13-,14+/m1/s1. The zero-order valence-electron chi connectivity index (χ0n) is 11.4. The molecule has 2 atom stereocenters. The molecule has 1 saturated carbocycles. The Morgan fingerprint density at radius 3 is 2.21 bits per heavy atom. The van der Waals surface area contributed by atoms with Crippen LogP contribution in [0, 0.1) is 18.2 Å². The van der Waals surface area contributed by atoms with Crippen LogP contribution in [0.15, 0.2) is 18.2 Å². The summed E-state index contributed by atoms with van der Waals surface area (Å²) in [6, 6.07) is 4.64. The first kappa shape index (κ1) is 14.4. The Bertz CT molecular complexity index is 491. The predicted molar refractivity (Wildman–Crippen MR) is 66.5 cm³/mol. The average molecular weight is 274 g/mol. The van der Waals surface area contributed by atoms with E-state index in [1.54, 1.807) is 19.1 Å². The summed E-state index contributed by atoms with van der Waals surface area (Å²) in [6.45, 7) is 4.77. The van der Waals surface area contributed by atoms with Gasteiger partial charge >= 0.3 is 6.18 Å². The van der Waals surface area contributed by atoms with Gasteiger partial charge in [0.1, 0.15) is 5.82 Å². The van der Waals surface area contributed by atoms with E-state index in [9.17, 15) is 17.6 Å². The molecule has 0 bridgehead atoms. The normalized spacial score (nSPS) is 31.7. The molecule has 1 aromatic rings. The summed E-state index contributed by atoms with van der Waals surface area (Å²) in [4.78, 5) is 0. The van der Waals surface area contributed by atoms with Crippen molar-refractivity contribution >= 4 is 0 Å². The quantitative estimate of drug-likeness (QED) is 0.622. The summed E-state index contributed by atoms with van der Waals surface area (Å²) in [5.41, 5.74) is -0.869. The molecule has 0 radical (unpaired) electrons. The van der Waals surface area contributed by atoms with Gasteiger partial charge in [0.2, 0.25) is 0 Å². The molecular weight excluding hydrogens is 256 g/mol. The van der Waals surface area contributed by atoms with E-state index in [-0.39, 0.29) is 18.7 Å². The molecule has 0 N–H and O–H groups in total. The smallest absolute Gasteiger partial charge is 0.207 e. The molecule has 19 heavy (non-hydrogen) atoms. The highest BCUT2D eigenvalue weighted by atomic mass is 19.4. The summed E-state index contributed by atoms with van der Waals surface area (Å²) in [5, 5.41) is 0. The number of halogens is 4. The van der Waals surface area contributed by atoms with Gasteiger partial charge in [-0.2, -0.15) is 13.2 Å². The van der Waals surface area contributed by atoms with Gasteiger partial charge in [-0.05, 0) is 48.8 Å². The number of alkyl halides is 3. The van der Waals surface area contributed by atoms with Crippen LogP contribution in [0.1, 0.15) is 44.2 Å². The van der Waals surface area contributed by atoms with Crippen molar-refractivity contribution in [2.45, 2.75) is 51.6 Å². The van der Waals surface area contributed by atoms with Gasteiger partial charge in [0.25, 0.3) is 0 Å². The van der Waals surface area contributed by atoms with Crippen molar-refractivity contribution in [3.63, 3.8) is 0 Å². The topological polar surface area (TPSA) is 0 Å². The Labute approximate surface area is 110 Å². The zero-order valence-corrected chi connectivity index (χ0v) is 11.4. The molecule has 1 aliphatic rings. The lowest BCUT2D eigenvalue weighted by molar-refractivity contribution is -0.216. The Morgan fingerprint density at radius 1 is 1.11 bits per heavy atom. The molecule has 0 spiro atoms. The van der Waals surface area contributed by atoms with Gasteiger partial charge in [-0.3, -0.25) is 0 Å². The molecule has 1 fully saturated rings. The van der Waals surface area contributed by atoms with Crippen LogP contribution in [0.25, 0.3) is 0 Å². The minimum atomic E-state index is -4.18. The third-order valence-corrected chi connectivity index (χ3v) is 4.55. The lowest BCUT2D eigenvalue weighted by atomic mass is 9.76. The molecule has 0 saturated heterocycles. The summed E-state index contributed by atoms with van der Waals surface area (Å²) in [5.74, 6) is -0.316. The van der Waals surface area contributed by atoms with E-state index in [2.05, 4.69) is 0 Å². The monoisotopic (exact) mass is 274 g/mol. The number of aryl methyl sites for hydroxylation is 1. The highest BCUT2D eigenvalue weighted by Crippen LogP contribution is 2.57. The van der Waals surface area contributed by atoms with Gasteiger partial charge in [-0.15, -0.1) is 0 Å².